The van der Waals surface area contributed by atoms with E-state index in [2.05, 4.69) is 4.72 Å². The van der Waals surface area contributed by atoms with Crippen LogP contribution in [0.4, 0.5) is 11.4 Å². The molecule has 100 valence electrons. The van der Waals surface area contributed by atoms with E-state index < -0.39 is 10.0 Å². The minimum absolute atomic E-state index is 0.0786. The minimum atomic E-state index is -3.76. The van der Waals surface area contributed by atoms with Crippen molar-refractivity contribution in [1.82, 2.24) is 0 Å². The fourth-order valence-electron chi connectivity index (χ4n) is 1.78. The number of rotatable bonds is 3. The van der Waals surface area contributed by atoms with Crippen LogP contribution in [0.25, 0.3) is 0 Å². The predicted octanol–water partition coefficient (Wildman–Crippen LogP) is 3.03. The van der Waals surface area contributed by atoms with Crippen molar-refractivity contribution in [3.63, 3.8) is 0 Å². The molecule has 0 saturated heterocycles. The van der Waals surface area contributed by atoms with Crippen LogP contribution in [0.1, 0.15) is 5.56 Å². The highest BCUT2D eigenvalue weighted by molar-refractivity contribution is 7.93. The average Bonchev–Trinajstić information content (AvgIpc) is 2.31. The van der Waals surface area contributed by atoms with Crippen molar-refractivity contribution < 1.29 is 8.42 Å². The van der Waals surface area contributed by atoms with E-state index in [9.17, 15) is 8.42 Å². The highest BCUT2D eigenvalue weighted by Gasteiger charge is 2.20. The van der Waals surface area contributed by atoms with E-state index in [1.54, 1.807) is 49.4 Å². The Kier molecular flexibility index (Phi) is 3.68. The Hall–Kier alpha value is -1.72. The highest BCUT2D eigenvalue weighted by atomic mass is 35.5. The molecule has 0 heterocycles. The molecule has 3 N–H and O–H groups in total. The zero-order chi connectivity index (χ0) is 14.0. The molecule has 0 atom stereocenters. The first-order valence-electron chi connectivity index (χ1n) is 5.54. The van der Waals surface area contributed by atoms with Crippen molar-refractivity contribution in [2.45, 2.75) is 11.8 Å². The zero-order valence-corrected chi connectivity index (χ0v) is 11.8. The summed E-state index contributed by atoms with van der Waals surface area (Å²) in [4.78, 5) is 0.0786. The van der Waals surface area contributed by atoms with Gasteiger partial charge in [0.25, 0.3) is 10.0 Å². The molecule has 0 radical (unpaired) electrons. The third-order valence-corrected chi connectivity index (χ3v) is 4.54. The summed E-state index contributed by atoms with van der Waals surface area (Å²) >= 11 is 5.94. The van der Waals surface area contributed by atoms with Gasteiger partial charge in [0.15, 0.2) is 0 Å². The number of anilines is 2. The standard InChI is InChI=1S/C13H13ClN2O2S/c1-9-5-4-7-11(15)13(9)19(17,18)16-12-8-3-2-6-10(12)14/h2-8,16H,15H2,1H3. The number of hydrogen-bond donors (Lipinski definition) is 2. The Morgan fingerprint density at radius 1 is 1.11 bits per heavy atom. The molecule has 0 aromatic heterocycles. The van der Waals surface area contributed by atoms with Gasteiger partial charge in [0.1, 0.15) is 4.90 Å². The molecule has 2 aromatic carbocycles. The molecule has 0 unspecified atom stereocenters. The van der Waals surface area contributed by atoms with Gasteiger partial charge in [-0.25, -0.2) is 8.42 Å². The van der Waals surface area contributed by atoms with E-state index >= 15 is 0 Å². The van der Waals surface area contributed by atoms with Crippen LogP contribution in [0.2, 0.25) is 5.02 Å². The Bertz CT molecular complexity index is 694. The number of benzene rings is 2. The number of hydrogen-bond acceptors (Lipinski definition) is 3. The van der Waals surface area contributed by atoms with Gasteiger partial charge in [-0.3, -0.25) is 4.72 Å². The number of nitrogens with two attached hydrogens (primary N) is 1. The van der Waals surface area contributed by atoms with E-state index in [0.29, 0.717) is 16.3 Å². The lowest BCUT2D eigenvalue weighted by Gasteiger charge is -2.13. The quantitative estimate of drug-likeness (QED) is 0.855. The first kappa shape index (κ1) is 13.7. The van der Waals surface area contributed by atoms with Crippen LogP contribution in [0.15, 0.2) is 47.4 Å². The third kappa shape index (κ3) is 2.83. The Morgan fingerprint density at radius 2 is 1.79 bits per heavy atom. The van der Waals surface area contributed by atoms with Crippen molar-refractivity contribution in [3.8, 4) is 0 Å². The topological polar surface area (TPSA) is 72.2 Å². The van der Waals surface area contributed by atoms with Crippen LogP contribution < -0.4 is 10.5 Å². The molecule has 6 heteroatoms. The first-order valence-corrected chi connectivity index (χ1v) is 7.40. The van der Waals surface area contributed by atoms with Gasteiger partial charge in [0, 0.05) is 0 Å². The maximum atomic E-state index is 12.3. The third-order valence-electron chi connectivity index (χ3n) is 2.63. The average molecular weight is 297 g/mol. The van der Waals surface area contributed by atoms with Gasteiger partial charge in [0.05, 0.1) is 16.4 Å². The van der Waals surface area contributed by atoms with Gasteiger partial charge in [-0.05, 0) is 30.7 Å². The number of sulfonamides is 1. The van der Waals surface area contributed by atoms with Crippen LogP contribution >= 0.6 is 11.6 Å². The number of para-hydroxylation sites is 1. The summed E-state index contributed by atoms with van der Waals surface area (Å²) in [5.41, 5.74) is 6.86. The van der Waals surface area contributed by atoms with Crippen molar-refractivity contribution in [1.29, 1.82) is 0 Å². The van der Waals surface area contributed by atoms with Crippen LogP contribution in [0, 0.1) is 6.92 Å². The number of aryl methyl sites for hydroxylation is 1. The molecule has 0 spiro atoms. The summed E-state index contributed by atoms with van der Waals surface area (Å²) in [6, 6.07) is 11.6. The van der Waals surface area contributed by atoms with Gasteiger partial charge < -0.3 is 5.73 Å². The molecule has 0 aliphatic rings. The minimum Gasteiger partial charge on any atom is -0.398 e. The predicted molar refractivity (Wildman–Crippen MR) is 77.9 cm³/mol. The van der Waals surface area contributed by atoms with Gasteiger partial charge in [-0.1, -0.05) is 35.9 Å². The van der Waals surface area contributed by atoms with Gasteiger partial charge >= 0.3 is 0 Å². The lowest BCUT2D eigenvalue weighted by Crippen LogP contribution is -2.16. The van der Waals surface area contributed by atoms with E-state index in [1.807, 2.05) is 0 Å². The van der Waals surface area contributed by atoms with Crippen molar-refractivity contribution in [3.05, 3.63) is 53.1 Å². The smallest absolute Gasteiger partial charge is 0.264 e. The van der Waals surface area contributed by atoms with Gasteiger partial charge in [-0.15, -0.1) is 0 Å². The molecule has 0 amide bonds. The number of halogens is 1. The molecular weight excluding hydrogens is 284 g/mol. The van der Waals surface area contributed by atoms with Crippen molar-refractivity contribution >= 4 is 33.0 Å². The van der Waals surface area contributed by atoms with Gasteiger partial charge in [0.2, 0.25) is 0 Å². The van der Waals surface area contributed by atoms with Crippen LogP contribution in [0.3, 0.4) is 0 Å². The molecule has 0 bridgehead atoms. The zero-order valence-electron chi connectivity index (χ0n) is 10.2. The van der Waals surface area contributed by atoms with E-state index in [-0.39, 0.29) is 10.6 Å². The second-order valence-corrected chi connectivity index (χ2v) is 6.11. The molecule has 0 aliphatic carbocycles. The first-order chi connectivity index (χ1) is 8.92. The van der Waals surface area contributed by atoms with Gasteiger partial charge in [-0.2, -0.15) is 0 Å². The Labute approximate surface area is 117 Å². The Balaban J connectivity index is 2.47. The second kappa shape index (κ2) is 5.11. The molecule has 19 heavy (non-hydrogen) atoms. The maximum Gasteiger partial charge on any atom is 0.264 e. The Morgan fingerprint density at radius 3 is 2.42 bits per heavy atom. The van der Waals surface area contributed by atoms with Crippen LogP contribution in [-0.2, 0) is 10.0 Å². The molecule has 4 nitrogen and oxygen atoms in total. The maximum absolute atomic E-state index is 12.3. The van der Waals surface area contributed by atoms with E-state index in [1.165, 1.54) is 0 Å². The summed E-state index contributed by atoms with van der Waals surface area (Å²) < 4.78 is 27.1. The number of nitrogen functional groups attached to an aromatic ring is 1. The van der Waals surface area contributed by atoms with Crippen LogP contribution in [-0.4, -0.2) is 8.42 Å². The fraction of sp³-hybridized carbons (Fsp3) is 0.0769. The summed E-state index contributed by atoms with van der Waals surface area (Å²) in [5.74, 6) is 0. The molecular formula is C13H13ClN2O2S. The largest absolute Gasteiger partial charge is 0.398 e. The monoisotopic (exact) mass is 296 g/mol. The molecule has 2 rings (SSSR count). The SMILES string of the molecule is Cc1cccc(N)c1S(=O)(=O)Nc1ccccc1Cl. The molecule has 2 aromatic rings. The molecule has 0 fully saturated rings. The lowest BCUT2D eigenvalue weighted by atomic mass is 10.2. The molecule has 0 saturated carbocycles. The van der Waals surface area contributed by atoms with Crippen molar-refractivity contribution in [2.75, 3.05) is 10.5 Å². The van der Waals surface area contributed by atoms with E-state index in [4.69, 9.17) is 17.3 Å². The summed E-state index contributed by atoms with van der Waals surface area (Å²) in [5, 5.41) is 0.332. The molecule has 0 aliphatic heterocycles. The summed E-state index contributed by atoms with van der Waals surface area (Å²) in [6.45, 7) is 1.69. The van der Waals surface area contributed by atoms with Crippen molar-refractivity contribution in [2.24, 2.45) is 0 Å². The lowest BCUT2D eigenvalue weighted by molar-refractivity contribution is 0.601. The number of nitrogens with one attached hydrogen (secondary N) is 1. The van der Waals surface area contributed by atoms with Crippen LogP contribution in [0.5, 0.6) is 0 Å². The normalized spacial score (nSPS) is 11.3. The fourth-order valence-corrected chi connectivity index (χ4v) is 3.46. The summed E-state index contributed by atoms with van der Waals surface area (Å²) in [7, 11) is -3.76. The summed E-state index contributed by atoms with van der Waals surface area (Å²) in [6.07, 6.45) is 0. The highest BCUT2D eigenvalue weighted by Crippen LogP contribution is 2.27. The van der Waals surface area contributed by atoms with E-state index in [0.717, 1.165) is 0 Å². The second-order valence-electron chi connectivity index (χ2n) is 4.08.